The van der Waals surface area contributed by atoms with Gasteiger partial charge < -0.3 is 14.5 Å². The van der Waals surface area contributed by atoms with E-state index < -0.39 is 5.60 Å². The minimum atomic E-state index is -0.504. The van der Waals surface area contributed by atoms with E-state index in [0.29, 0.717) is 6.54 Å². The number of carbonyl (C=O) groups is 1. The van der Waals surface area contributed by atoms with Crippen molar-refractivity contribution < 1.29 is 9.53 Å². The van der Waals surface area contributed by atoms with Gasteiger partial charge in [-0.3, -0.25) is 0 Å². The summed E-state index contributed by atoms with van der Waals surface area (Å²) < 4.78 is 5.54. The lowest BCUT2D eigenvalue weighted by Crippen LogP contribution is -2.42. The van der Waals surface area contributed by atoms with Crippen LogP contribution in [0.4, 0.5) is 10.6 Å². The molecular weight excluding hydrogens is 412 g/mol. The molecule has 2 atom stereocenters. The molecular formula is C24H31ClN4O2. The van der Waals surface area contributed by atoms with Gasteiger partial charge in [0.1, 0.15) is 11.4 Å². The van der Waals surface area contributed by atoms with E-state index in [1.165, 1.54) is 16.7 Å². The third-order valence-electron chi connectivity index (χ3n) is 6.17. The van der Waals surface area contributed by atoms with Crippen LogP contribution >= 0.6 is 11.6 Å². The number of anilines is 1. The topological polar surface area (TPSA) is 58.6 Å². The summed E-state index contributed by atoms with van der Waals surface area (Å²) >= 11 is 6.37. The van der Waals surface area contributed by atoms with Gasteiger partial charge in [0.25, 0.3) is 0 Å². The number of fused-ring (bicyclic) bond motifs is 1. The van der Waals surface area contributed by atoms with Crippen LogP contribution in [0.1, 0.15) is 61.9 Å². The first-order valence-corrected chi connectivity index (χ1v) is 11.3. The molecule has 0 bridgehead atoms. The van der Waals surface area contributed by atoms with Gasteiger partial charge in [0.15, 0.2) is 0 Å². The van der Waals surface area contributed by atoms with Crippen LogP contribution in [-0.2, 0) is 11.2 Å². The van der Waals surface area contributed by atoms with Crippen molar-refractivity contribution in [3.8, 4) is 0 Å². The lowest BCUT2D eigenvalue weighted by atomic mass is 9.96. The first-order chi connectivity index (χ1) is 14.6. The molecule has 166 valence electrons. The molecule has 6 nitrogen and oxygen atoms in total. The highest BCUT2D eigenvalue weighted by Crippen LogP contribution is 2.41. The van der Waals surface area contributed by atoms with Gasteiger partial charge >= 0.3 is 6.09 Å². The molecule has 0 spiro atoms. The van der Waals surface area contributed by atoms with E-state index in [1.54, 1.807) is 4.90 Å². The van der Waals surface area contributed by atoms with Crippen molar-refractivity contribution in [2.24, 2.45) is 0 Å². The highest BCUT2D eigenvalue weighted by molar-refractivity contribution is 6.28. The van der Waals surface area contributed by atoms with Crippen molar-refractivity contribution in [1.82, 2.24) is 14.9 Å². The van der Waals surface area contributed by atoms with E-state index in [-0.39, 0.29) is 23.3 Å². The van der Waals surface area contributed by atoms with Gasteiger partial charge in [-0.25, -0.2) is 14.8 Å². The SMILES string of the molecule is Cc1ccc(C2CCc3c2nc(Cl)nc3N2CCC(N(C)C(=O)OC(C)(C)C)C2)cc1. The Bertz CT molecular complexity index is 971. The van der Waals surface area contributed by atoms with E-state index in [2.05, 4.69) is 46.1 Å². The number of hydrogen-bond donors (Lipinski definition) is 0. The van der Waals surface area contributed by atoms with Crippen LogP contribution < -0.4 is 4.90 Å². The highest BCUT2D eigenvalue weighted by Gasteiger charge is 2.35. The number of aromatic nitrogens is 2. The molecule has 31 heavy (non-hydrogen) atoms. The second-order valence-electron chi connectivity index (χ2n) is 9.66. The number of benzene rings is 1. The zero-order chi connectivity index (χ0) is 22.3. The number of rotatable bonds is 3. The Morgan fingerprint density at radius 1 is 1.19 bits per heavy atom. The Labute approximate surface area is 189 Å². The Balaban J connectivity index is 1.55. The van der Waals surface area contributed by atoms with Crippen LogP contribution in [0.15, 0.2) is 24.3 Å². The van der Waals surface area contributed by atoms with E-state index in [4.69, 9.17) is 16.3 Å². The number of amides is 1. The molecule has 1 amide bonds. The number of carbonyl (C=O) groups excluding carboxylic acids is 1. The number of likely N-dealkylation sites (N-methyl/N-ethyl adjacent to an activating group) is 1. The maximum Gasteiger partial charge on any atom is 0.410 e. The molecule has 2 heterocycles. The number of nitrogens with zero attached hydrogens (tertiary/aromatic N) is 4. The van der Waals surface area contributed by atoms with E-state index in [0.717, 1.165) is 37.3 Å². The van der Waals surface area contributed by atoms with Crippen LogP contribution in [0.3, 0.4) is 0 Å². The molecule has 1 aliphatic heterocycles. The maximum absolute atomic E-state index is 12.5. The monoisotopic (exact) mass is 442 g/mol. The summed E-state index contributed by atoms with van der Waals surface area (Å²) in [6.45, 7) is 9.29. The average molecular weight is 443 g/mol. The summed E-state index contributed by atoms with van der Waals surface area (Å²) in [5, 5.41) is 0.289. The van der Waals surface area contributed by atoms with Gasteiger partial charge in [-0.05, 0) is 64.1 Å². The fourth-order valence-corrected chi connectivity index (χ4v) is 4.70. The van der Waals surface area contributed by atoms with E-state index in [1.807, 2.05) is 27.8 Å². The van der Waals surface area contributed by atoms with E-state index >= 15 is 0 Å². The zero-order valence-corrected chi connectivity index (χ0v) is 19.7. The molecule has 1 fully saturated rings. The van der Waals surface area contributed by atoms with Gasteiger partial charge in [0, 0.05) is 31.6 Å². The number of halogens is 1. The molecule has 2 aliphatic rings. The molecule has 0 radical (unpaired) electrons. The van der Waals surface area contributed by atoms with Gasteiger partial charge in [0.05, 0.1) is 11.7 Å². The van der Waals surface area contributed by atoms with Crippen molar-refractivity contribution >= 4 is 23.5 Å². The summed E-state index contributed by atoms with van der Waals surface area (Å²) in [5.41, 5.74) is 4.25. The second kappa shape index (κ2) is 8.30. The molecule has 1 aliphatic carbocycles. The summed E-state index contributed by atoms with van der Waals surface area (Å²) in [4.78, 5) is 25.7. The van der Waals surface area contributed by atoms with E-state index in [9.17, 15) is 4.79 Å². The first kappa shape index (κ1) is 21.9. The fraction of sp³-hybridized carbons (Fsp3) is 0.542. The minimum Gasteiger partial charge on any atom is -0.444 e. The molecule has 0 N–H and O–H groups in total. The Morgan fingerprint density at radius 3 is 2.58 bits per heavy atom. The quantitative estimate of drug-likeness (QED) is 0.628. The predicted octanol–water partition coefficient (Wildman–Crippen LogP) is 4.96. The number of ether oxygens (including phenoxy) is 1. The molecule has 2 unspecified atom stereocenters. The van der Waals surface area contributed by atoms with Gasteiger partial charge in [0.2, 0.25) is 5.28 Å². The van der Waals surface area contributed by atoms with Crippen molar-refractivity contribution in [1.29, 1.82) is 0 Å². The molecule has 1 saturated heterocycles. The Hall–Kier alpha value is -2.34. The molecule has 2 aromatic rings. The number of aryl methyl sites for hydroxylation is 1. The van der Waals surface area contributed by atoms with Gasteiger partial charge in [-0.1, -0.05) is 29.8 Å². The summed E-state index contributed by atoms with van der Waals surface area (Å²) in [6.07, 6.45) is 2.52. The molecule has 4 rings (SSSR count). The van der Waals surface area contributed by atoms with Crippen LogP contribution in [0.5, 0.6) is 0 Å². The molecule has 7 heteroatoms. The van der Waals surface area contributed by atoms with Crippen molar-refractivity contribution in [2.75, 3.05) is 25.0 Å². The molecule has 0 saturated carbocycles. The lowest BCUT2D eigenvalue weighted by molar-refractivity contribution is 0.0238. The zero-order valence-electron chi connectivity index (χ0n) is 19.0. The smallest absolute Gasteiger partial charge is 0.410 e. The van der Waals surface area contributed by atoms with Crippen LogP contribution in [0.2, 0.25) is 5.28 Å². The number of hydrogen-bond acceptors (Lipinski definition) is 5. The largest absolute Gasteiger partial charge is 0.444 e. The van der Waals surface area contributed by atoms with Crippen LogP contribution in [0.25, 0.3) is 0 Å². The molecule has 1 aromatic heterocycles. The normalized spacial score (nSPS) is 20.6. The van der Waals surface area contributed by atoms with Crippen molar-refractivity contribution in [2.45, 2.75) is 64.5 Å². The van der Waals surface area contributed by atoms with Gasteiger partial charge in [-0.2, -0.15) is 0 Å². The lowest BCUT2D eigenvalue weighted by Gasteiger charge is -2.29. The summed E-state index contributed by atoms with van der Waals surface area (Å²) in [6, 6.07) is 8.75. The second-order valence-corrected chi connectivity index (χ2v) is 10.00. The first-order valence-electron chi connectivity index (χ1n) is 11.0. The Morgan fingerprint density at radius 2 is 1.90 bits per heavy atom. The summed E-state index contributed by atoms with van der Waals surface area (Å²) in [5.74, 6) is 1.17. The predicted molar refractivity (Wildman–Crippen MR) is 123 cm³/mol. The summed E-state index contributed by atoms with van der Waals surface area (Å²) in [7, 11) is 1.81. The standard InChI is InChI=1S/C24H31ClN4O2/c1-15-6-8-16(9-7-15)18-10-11-19-20(18)26-22(25)27-21(19)29-13-12-17(14-29)28(5)23(30)31-24(2,3)4/h6-9,17-18H,10-14H2,1-5H3. The third-order valence-corrected chi connectivity index (χ3v) is 6.34. The molecule has 1 aromatic carbocycles. The highest BCUT2D eigenvalue weighted by atomic mass is 35.5. The van der Waals surface area contributed by atoms with Crippen LogP contribution in [-0.4, -0.2) is 52.7 Å². The minimum absolute atomic E-state index is 0.0774. The van der Waals surface area contributed by atoms with Crippen LogP contribution in [0, 0.1) is 6.92 Å². The van der Waals surface area contributed by atoms with Crippen molar-refractivity contribution in [3.05, 3.63) is 51.9 Å². The maximum atomic E-state index is 12.5. The van der Waals surface area contributed by atoms with Gasteiger partial charge in [-0.15, -0.1) is 0 Å². The third kappa shape index (κ3) is 4.64. The average Bonchev–Trinajstić information content (AvgIpc) is 3.33. The van der Waals surface area contributed by atoms with Crippen molar-refractivity contribution in [3.63, 3.8) is 0 Å². The fourth-order valence-electron chi connectivity index (χ4n) is 4.53. The Kier molecular flexibility index (Phi) is 5.86.